The third-order valence-electron chi connectivity index (χ3n) is 5.49. The smallest absolute Gasteiger partial charge is 0.266 e. The second-order valence-electron chi connectivity index (χ2n) is 7.91. The number of anilines is 2. The van der Waals surface area contributed by atoms with Gasteiger partial charge in [-0.05, 0) is 42.3 Å². The molecule has 3 heterocycles. The number of rotatable bonds is 5. The van der Waals surface area contributed by atoms with E-state index in [-0.39, 0.29) is 35.2 Å². The molecule has 0 aliphatic rings. The number of hydrogen-bond donors (Lipinski definition) is 2. The summed E-state index contributed by atoms with van der Waals surface area (Å²) in [4.78, 5) is 29.9. The first-order valence-electron chi connectivity index (χ1n) is 11.2. The highest BCUT2D eigenvalue weighted by Crippen LogP contribution is 2.18. The van der Waals surface area contributed by atoms with E-state index in [9.17, 15) is 13.6 Å². The van der Waals surface area contributed by atoms with Crippen molar-refractivity contribution in [2.75, 3.05) is 17.6 Å². The zero-order chi connectivity index (χ0) is 25.8. The maximum absolute atomic E-state index is 14.5. The average molecular weight is 495 g/mol. The van der Waals surface area contributed by atoms with Crippen LogP contribution in [0.15, 0.2) is 78.0 Å². The van der Waals surface area contributed by atoms with Crippen molar-refractivity contribution in [3.05, 3.63) is 112 Å². The van der Waals surface area contributed by atoms with Gasteiger partial charge in [0.05, 0.1) is 17.3 Å². The topological polar surface area (TPSA) is 112 Å². The Balaban J connectivity index is 1.46. The quantitative estimate of drug-likeness (QED) is 0.359. The van der Waals surface area contributed by atoms with Gasteiger partial charge in [-0.3, -0.25) is 9.36 Å². The van der Waals surface area contributed by atoms with Gasteiger partial charge in [0.2, 0.25) is 0 Å². The summed E-state index contributed by atoms with van der Waals surface area (Å²) in [5.41, 5.74) is 6.97. The van der Waals surface area contributed by atoms with Crippen LogP contribution in [0, 0.1) is 23.5 Å². The molecule has 0 unspecified atom stereocenters. The predicted molar refractivity (Wildman–Crippen MR) is 136 cm³/mol. The van der Waals surface area contributed by atoms with Crippen molar-refractivity contribution in [3.63, 3.8) is 0 Å². The Morgan fingerprint density at radius 3 is 2.57 bits per heavy atom. The monoisotopic (exact) mass is 495 g/mol. The average Bonchev–Trinajstić information content (AvgIpc) is 2.90. The molecule has 3 aromatic heterocycles. The third kappa shape index (κ3) is 4.97. The number of halogens is 2. The molecule has 5 rings (SSSR count). The lowest BCUT2D eigenvalue weighted by Gasteiger charge is -2.15. The standard InChI is InChI=1S/C27H19F2N7O/c28-17-9-10-18(32-15-17)11-12-21-25(30)33-16-34-26(21)31-14-13-23-35-24-20(7-4-8-22(24)29)27(37)36(23)19-5-2-1-3-6-19/h1-10,15-16H,13-14H2,(H3,30,31,33,34). The fourth-order valence-corrected chi connectivity index (χ4v) is 3.75. The van der Waals surface area contributed by atoms with Crippen molar-refractivity contribution in [1.29, 1.82) is 0 Å². The van der Waals surface area contributed by atoms with Crippen LogP contribution in [0.3, 0.4) is 0 Å². The summed E-state index contributed by atoms with van der Waals surface area (Å²) in [6, 6.07) is 16.0. The largest absolute Gasteiger partial charge is 0.382 e. The van der Waals surface area contributed by atoms with Crippen molar-refractivity contribution >= 4 is 22.5 Å². The number of aromatic nitrogens is 5. The zero-order valence-electron chi connectivity index (χ0n) is 19.3. The van der Waals surface area contributed by atoms with Crippen molar-refractivity contribution in [2.24, 2.45) is 0 Å². The maximum atomic E-state index is 14.5. The lowest BCUT2D eigenvalue weighted by atomic mass is 10.2. The second-order valence-corrected chi connectivity index (χ2v) is 7.91. The highest BCUT2D eigenvalue weighted by Gasteiger charge is 2.15. The minimum absolute atomic E-state index is 0.0133. The Morgan fingerprint density at radius 2 is 1.78 bits per heavy atom. The van der Waals surface area contributed by atoms with Gasteiger partial charge in [-0.2, -0.15) is 0 Å². The number of para-hydroxylation sites is 2. The summed E-state index contributed by atoms with van der Waals surface area (Å²) in [5, 5.41) is 3.34. The molecular weight excluding hydrogens is 476 g/mol. The number of fused-ring (bicyclic) bond motifs is 1. The van der Waals surface area contributed by atoms with Crippen LogP contribution in [0.4, 0.5) is 20.4 Å². The van der Waals surface area contributed by atoms with Crippen LogP contribution in [-0.2, 0) is 6.42 Å². The molecule has 8 nitrogen and oxygen atoms in total. The van der Waals surface area contributed by atoms with Crippen LogP contribution in [0.2, 0.25) is 0 Å². The van der Waals surface area contributed by atoms with E-state index in [1.54, 1.807) is 18.2 Å². The van der Waals surface area contributed by atoms with E-state index in [4.69, 9.17) is 5.73 Å². The summed E-state index contributed by atoms with van der Waals surface area (Å²) in [6.45, 7) is 0.277. The molecule has 182 valence electrons. The molecule has 0 saturated heterocycles. The van der Waals surface area contributed by atoms with Crippen LogP contribution in [0.5, 0.6) is 0 Å². The van der Waals surface area contributed by atoms with E-state index in [1.165, 1.54) is 35.2 Å². The molecule has 0 aliphatic carbocycles. The Hall–Kier alpha value is -5.17. The summed E-state index contributed by atoms with van der Waals surface area (Å²) in [5.74, 6) is 5.54. The van der Waals surface area contributed by atoms with Gasteiger partial charge < -0.3 is 11.1 Å². The fourth-order valence-electron chi connectivity index (χ4n) is 3.75. The molecule has 0 atom stereocenters. The molecule has 0 fully saturated rings. The van der Waals surface area contributed by atoms with Gasteiger partial charge in [0.15, 0.2) is 0 Å². The van der Waals surface area contributed by atoms with Gasteiger partial charge in [-0.15, -0.1) is 0 Å². The highest BCUT2D eigenvalue weighted by molar-refractivity contribution is 5.78. The Kier molecular flexibility index (Phi) is 6.50. The van der Waals surface area contributed by atoms with E-state index in [0.29, 0.717) is 28.6 Å². The van der Waals surface area contributed by atoms with Gasteiger partial charge in [-0.1, -0.05) is 30.2 Å². The maximum Gasteiger partial charge on any atom is 0.266 e. The van der Waals surface area contributed by atoms with Gasteiger partial charge in [-0.25, -0.2) is 28.7 Å². The molecule has 0 spiro atoms. The van der Waals surface area contributed by atoms with Crippen molar-refractivity contribution < 1.29 is 8.78 Å². The number of benzene rings is 2. The van der Waals surface area contributed by atoms with Crippen molar-refractivity contribution in [2.45, 2.75) is 6.42 Å². The molecule has 37 heavy (non-hydrogen) atoms. The van der Waals surface area contributed by atoms with E-state index in [1.807, 2.05) is 18.2 Å². The first-order chi connectivity index (χ1) is 18.0. The molecule has 3 N–H and O–H groups in total. The van der Waals surface area contributed by atoms with Crippen LogP contribution < -0.4 is 16.6 Å². The van der Waals surface area contributed by atoms with Gasteiger partial charge in [0, 0.05) is 13.0 Å². The van der Waals surface area contributed by atoms with Crippen LogP contribution in [0.25, 0.3) is 16.6 Å². The normalized spacial score (nSPS) is 10.6. The predicted octanol–water partition coefficient (Wildman–Crippen LogP) is 3.49. The summed E-state index contributed by atoms with van der Waals surface area (Å²) in [6.07, 6.45) is 2.62. The second kappa shape index (κ2) is 10.2. The van der Waals surface area contributed by atoms with Gasteiger partial charge >= 0.3 is 0 Å². The van der Waals surface area contributed by atoms with E-state index < -0.39 is 11.6 Å². The molecule has 5 aromatic rings. The zero-order valence-corrected chi connectivity index (χ0v) is 19.3. The number of hydrogen-bond acceptors (Lipinski definition) is 7. The number of nitrogen functional groups attached to an aromatic ring is 1. The minimum Gasteiger partial charge on any atom is -0.382 e. The Labute approximate surface area is 209 Å². The lowest BCUT2D eigenvalue weighted by Crippen LogP contribution is -2.25. The number of nitrogens with one attached hydrogen (secondary N) is 1. The molecule has 0 saturated carbocycles. The third-order valence-corrected chi connectivity index (χ3v) is 5.49. The molecular formula is C27H19F2N7O. The van der Waals surface area contributed by atoms with E-state index >= 15 is 0 Å². The highest BCUT2D eigenvalue weighted by atomic mass is 19.1. The molecule has 0 amide bonds. The molecule has 0 aliphatic heterocycles. The van der Waals surface area contributed by atoms with E-state index in [0.717, 1.165) is 6.20 Å². The van der Waals surface area contributed by atoms with Crippen LogP contribution in [0.1, 0.15) is 17.1 Å². The van der Waals surface area contributed by atoms with Gasteiger partial charge in [0.25, 0.3) is 5.56 Å². The summed E-state index contributed by atoms with van der Waals surface area (Å²) in [7, 11) is 0. The fraction of sp³-hybridized carbons (Fsp3) is 0.0741. The molecule has 0 radical (unpaired) electrons. The first kappa shape index (κ1) is 23.6. The number of nitrogens with zero attached hydrogens (tertiary/aromatic N) is 5. The summed E-state index contributed by atoms with van der Waals surface area (Å²) >= 11 is 0. The SMILES string of the molecule is Nc1ncnc(NCCc2nc3c(F)cccc3c(=O)n2-c2ccccc2)c1C#Cc1ccc(F)cn1. The van der Waals surface area contributed by atoms with Crippen molar-refractivity contribution in [3.8, 4) is 17.5 Å². The summed E-state index contributed by atoms with van der Waals surface area (Å²) < 4.78 is 29.1. The molecule has 0 bridgehead atoms. The first-order valence-corrected chi connectivity index (χ1v) is 11.2. The van der Waals surface area contributed by atoms with E-state index in [2.05, 4.69) is 37.1 Å². The Bertz CT molecular complexity index is 1710. The van der Waals surface area contributed by atoms with Crippen molar-refractivity contribution in [1.82, 2.24) is 24.5 Å². The van der Waals surface area contributed by atoms with Crippen LogP contribution in [-0.4, -0.2) is 31.0 Å². The lowest BCUT2D eigenvalue weighted by molar-refractivity contribution is 0.621. The number of pyridine rings is 1. The van der Waals surface area contributed by atoms with Crippen LogP contribution >= 0.6 is 0 Å². The molecule has 2 aromatic carbocycles. The Morgan fingerprint density at radius 1 is 0.946 bits per heavy atom. The van der Waals surface area contributed by atoms with Gasteiger partial charge in [0.1, 0.15) is 52.2 Å². The number of nitrogens with two attached hydrogens (primary N) is 1. The molecule has 10 heteroatoms. The minimum atomic E-state index is -0.570.